The van der Waals surface area contributed by atoms with Crippen LogP contribution >= 0.6 is 11.3 Å². The van der Waals surface area contributed by atoms with Gasteiger partial charge in [-0.3, -0.25) is 4.79 Å². The molecule has 2 aromatic rings. The van der Waals surface area contributed by atoms with Gasteiger partial charge in [-0.2, -0.15) is 0 Å². The zero-order chi connectivity index (χ0) is 15.0. The summed E-state index contributed by atoms with van der Waals surface area (Å²) in [6.07, 6.45) is 2.04. The molecular weight excluding hydrogens is 284 g/mol. The molecule has 0 spiro atoms. The summed E-state index contributed by atoms with van der Waals surface area (Å²) in [7, 11) is 0. The third kappa shape index (κ3) is 2.50. The standard InChI is InChI=1S/C17H14O3S/c1-10-14(8-12-3-2-6-21-12)13-5-4-11(18)7-16(13)15(10)9-17(19)20/h2-8,18H,9H2,1H3,(H,19,20)/b14-8-. The fourth-order valence-corrected chi connectivity index (χ4v) is 3.32. The highest BCUT2D eigenvalue weighted by atomic mass is 32.1. The zero-order valence-corrected chi connectivity index (χ0v) is 12.3. The average Bonchev–Trinajstić information content (AvgIpc) is 3.01. The van der Waals surface area contributed by atoms with E-state index in [1.165, 1.54) is 0 Å². The average molecular weight is 298 g/mol. The molecule has 1 aliphatic rings. The minimum absolute atomic E-state index is 0.0376. The lowest BCUT2D eigenvalue weighted by Gasteiger charge is -2.04. The minimum Gasteiger partial charge on any atom is -0.508 e. The molecule has 106 valence electrons. The fraction of sp³-hybridized carbons (Fsp3) is 0.118. The van der Waals surface area contributed by atoms with E-state index in [1.54, 1.807) is 23.5 Å². The lowest BCUT2D eigenvalue weighted by Crippen LogP contribution is -1.96. The molecule has 1 aromatic carbocycles. The van der Waals surface area contributed by atoms with Crippen molar-refractivity contribution in [2.45, 2.75) is 13.3 Å². The Hall–Kier alpha value is -2.33. The summed E-state index contributed by atoms with van der Waals surface area (Å²) in [4.78, 5) is 12.2. The topological polar surface area (TPSA) is 57.5 Å². The van der Waals surface area contributed by atoms with Gasteiger partial charge >= 0.3 is 5.97 Å². The number of allylic oxidation sites excluding steroid dienone is 2. The number of benzene rings is 1. The van der Waals surface area contributed by atoms with Crippen molar-refractivity contribution in [3.05, 3.63) is 57.3 Å². The third-order valence-corrected chi connectivity index (χ3v) is 4.45. The lowest BCUT2D eigenvalue weighted by atomic mass is 10.0. The minimum atomic E-state index is -0.865. The highest BCUT2D eigenvalue weighted by Gasteiger charge is 2.25. The Balaban J connectivity index is 2.18. The monoisotopic (exact) mass is 298 g/mol. The molecule has 0 saturated heterocycles. The number of phenols is 1. The molecule has 0 fully saturated rings. The molecular formula is C17H14O3S. The van der Waals surface area contributed by atoms with Crippen LogP contribution in [0.3, 0.4) is 0 Å². The molecule has 1 aliphatic carbocycles. The van der Waals surface area contributed by atoms with E-state index in [9.17, 15) is 9.90 Å². The number of rotatable bonds is 3. The number of carbonyl (C=O) groups is 1. The molecule has 4 heteroatoms. The molecule has 0 bridgehead atoms. The van der Waals surface area contributed by atoms with Gasteiger partial charge in [0, 0.05) is 4.88 Å². The van der Waals surface area contributed by atoms with Crippen LogP contribution in [0.4, 0.5) is 0 Å². The number of aliphatic carboxylic acids is 1. The van der Waals surface area contributed by atoms with Crippen molar-refractivity contribution in [2.75, 3.05) is 0 Å². The van der Waals surface area contributed by atoms with Crippen molar-refractivity contribution in [1.29, 1.82) is 0 Å². The molecule has 0 atom stereocenters. The largest absolute Gasteiger partial charge is 0.508 e. The summed E-state index contributed by atoms with van der Waals surface area (Å²) in [5.41, 5.74) is 4.57. The van der Waals surface area contributed by atoms with Gasteiger partial charge in [0.2, 0.25) is 0 Å². The number of hydrogen-bond donors (Lipinski definition) is 2. The molecule has 0 amide bonds. The molecule has 3 nitrogen and oxygen atoms in total. The third-order valence-electron chi connectivity index (χ3n) is 3.63. The molecule has 0 saturated carbocycles. The number of thiophene rings is 1. The van der Waals surface area contributed by atoms with E-state index in [0.29, 0.717) is 0 Å². The predicted octanol–water partition coefficient (Wildman–Crippen LogP) is 4.26. The first-order valence-electron chi connectivity index (χ1n) is 6.57. The maximum atomic E-state index is 11.1. The van der Waals surface area contributed by atoms with Gasteiger partial charge < -0.3 is 10.2 Å². The Kier molecular flexibility index (Phi) is 3.39. The molecule has 1 heterocycles. The van der Waals surface area contributed by atoms with Crippen LogP contribution in [0.5, 0.6) is 5.75 Å². The van der Waals surface area contributed by atoms with Crippen molar-refractivity contribution in [1.82, 2.24) is 0 Å². The lowest BCUT2D eigenvalue weighted by molar-refractivity contribution is -0.135. The number of phenolic OH excluding ortho intramolecular Hbond substituents is 1. The highest BCUT2D eigenvalue weighted by molar-refractivity contribution is 7.10. The van der Waals surface area contributed by atoms with Crippen LogP contribution < -0.4 is 0 Å². The van der Waals surface area contributed by atoms with Gasteiger partial charge in [0.25, 0.3) is 0 Å². The number of carboxylic acids is 1. The molecule has 0 radical (unpaired) electrons. The van der Waals surface area contributed by atoms with Crippen LogP contribution in [0.2, 0.25) is 0 Å². The van der Waals surface area contributed by atoms with Gasteiger partial charge in [0.1, 0.15) is 5.75 Å². The Morgan fingerprint density at radius 2 is 2.10 bits per heavy atom. The van der Waals surface area contributed by atoms with Gasteiger partial charge in [-0.15, -0.1) is 11.3 Å². The second-order valence-corrected chi connectivity index (χ2v) is 5.96. The molecule has 2 N–H and O–H groups in total. The van der Waals surface area contributed by atoms with Gasteiger partial charge in [-0.25, -0.2) is 0 Å². The van der Waals surface area contributed by atoms with Crippen molar-refractivity contribution >= 4 is 34.5 Å². The highest BCUT2D eigenvalue weighted by Crippen LogP contribution is 2.44. The van der Waals surface area contributed by atoms with E-state index in [2.05, 4.69) is 6.08 Å². The number of fused-ring (bicyclic) bond motifs is 1. The summed E-state index contributed by atoms with van der Waals surface area (Å²) in [6.45, 7) is 1.94. The van der Waals surface area contributed by atoms with Crippen LogP contribution in [0.15, 0.2) is 41.3 Å². The van der Waals surface area contributed by atoms with Crippen LogP contribution in [-0.2, 0) is 4.79 Å². The second kappa shape index (κ2) is 5.22. The molecule has 3 rings (SSSR count). The summed E-state index contributed by atoms with van der Waals surface area (Å²) < 4.78 is 0. The van der Waals surface area contributed by atoms with E-state index in [1.807, 2.05) is 30.5 Å². The Morgan fingerprint density at radius 1 is 1.29 bits per heavy atom. The Labute approximate surface area is 126 Å². The zero-order valence-electron chi connectivity index (χ0n) is 11.5. The maximum Gasteiger partial charge on any atom is 0.307 e. The van der Waals surface area contributed by atoms with Gasteiger partial charge in [-0.1, -0.05) is 12.1 Å². The Bertz CT molecular complexity index is 767. The van der Waals surface area contributed by atoms with Gasteiger partial charge in [0.15, 0.2) is 0 Å². The summed E-state index contributed by atoms with van der Waals surface area (Å²) in [5, 5.41) is 20.8. The fourth-order valence-electron chi connectivity index (χ4n) is 2.66. The second-order valence-electron chi connectivity index (χ2n) is 4.98. The van der Waals surface area contributed by atoms with E-state index in [-0.39, 0.29) is 12.2 Å². The predicted molar refractivity (Wildman–Crippen MR) is 85.1 cm³/mol. The van der Waals surface area contributed by atoms with Crippen molar-refractivity contribution in [2.24, 2.45) is 0 Å². The van der Waals surface area contributed by atoms with Crippen LogP contribution in [0, 0.1) is 0 Å². The van der Waals surface area contributed by atoms with Crippen molar-refractivity contribution in [3.8, 4) is 5.75 Å². The smallest absolute Gasteiger partial charge is 0.307 e. The molecule has 21 heavy (non-hydrogen) atoms. The molecule has 0 unspecified atom stereocenters. The van der Waals surface area contributed by atoms with Gasteiger partial charge in [0.05, 0.1) is 6.42 Å². The summed E-state index contributed by atoms with van der Waals surface area (Å²) >= 11 is 1.64. The van der Waals surface area contributed by atoms with Crippen molar-refractivity contribution in [3.63, 3.8) is 0 Å². The van der Waals surface area contributed by atoms with Crippen LogP contribution in [0.25, 0.3) is 17.2 Å². The number of carboxylic acid groups (broad SMARTS) is 1. The van der Waals surface area contributed by atoms with E-state index in [4.69, 9.17) is 5.11 Å². The van der Waals surface area contributed by atoms with Crippen molar-refractivity contribution < 1.29 is 15.0 Å². The van der Waals surface area contributed by atoms with E-state index >= 15 is 0 Å². The first-order valence-corrected chi connectivity index (χ1v) is 7.45. The normalized spacial score (nSPS) is 15.6. The SMILES string of the molecule is CC1=C(CC(=O)O)c2cc(O)ccc2/C1=C\c1cccs1. The quantitative estimate of drug-likeness (QED) is 0.890. The Morgan fingerprint density at radius 3 is 2.76 bits per heavy atom. The number of hydrogen-bond acceptors (Lipinski definition) is 3. The van der Waals surface area contributed by atoms with E-state index < -0.39 is 5.97 Å². The van der Waals surface area contributed by atoms with Crippen LogP contribution in [-0.4, -0.2) is 16.2 Å². The summed E-state index contributed by atoms with van der Waals surface area (Å²) in [5.74, 6) is -0.710. The van der Waals surface area contributed by atoms with Crippen LogP contribution in [0.1, 0.15) is 29.3 Å². The summed E-state index contributed by atoms with van der Waals surface area (Å²) in [6, 6.07) is 9.15. The first kappa shape index (κ1) is 13.6. The molecule has 1 aromatic heterocycles. The first-order chi connectivity index (χ1) is 10.1. The van der Waals surface area contributed by atoms with E-state index in [0.717, 1.165) is 32.7 Å². The van der Waals surface area contributed by atoms with Gasteiger partial charge in [-0.05, 0) is 64.4 Å². The number of aromatic hydroxyl groups is 1. The maximum absolute atomic E-state index is 11.1. The molecule has 0 aliphatic heterocycles.